The van der Waals surface area contributed by atoms with Gasteiger partial charge in [0, 0.05) is 12.5 Å². The molecule has 0 aliphatic carbocycles. The van der Waals surface area contributed by atoms with E-state index in [4.69, 9.17) is 5.73 Å². The molecule has 0 amide bonds. The third kappa shape index (κ3) is 1.88. The molecule has 2 heterocycles. The summed E-state index contributed by atoms with van der Waals surface area (Å²) in [6.07, 6.45) is 1.78. The molecule has 2 aromatic rings. The second kappa shape index (κ2) is 4.58. The first-order chi connectivity index (χ1) is 9.49. The lowest BCUT2D eigenvalue weighted by Crippen LogP contribution is -2.22. The summed E-state index contributed by atoms with van der Waals surface area (Å²) < 4.78 is 29.7. The average molecular weight is 277 g/mol. The number of rotatable bonds is 1. The van der Waals surface area contributed by atoms with Gasteiger partial charge in [-0.05, 0) is 31.4 Å². The van der Waals surface area contributed by atoms with Gasteiger partial charge >= 0.3 is 0 Å². The van der Waals surface area contributed by atoms with Crippen LogP contribution in [0.4, 0.5) is 14.6 Å². The van der Waals surface area contributed by atoms with Crippen LogP contribution >= 0.6 is 0 Å². The van der Waals surface area contributed by atoms with Crippen LogP contribution in [-0.4, -0.2) is 9.55 Å². The zero-order valence-electron chi connectivity index (χ0n) is 11.5. The first-order valence-electron chi connectivity index (χ1n) is 6.80. The molecular formula is C15H17F2N3. The van der Waals surface area contributed by atoms with E-state index in [0.29, 0.717) is 11.7 Å². The van der Waals surface area contributed by atoms with Crippen molar-refractivity contribution in [3.63, 3.8) is 0 Å². The number of fused-ring (bicyclic) bond motifs is 1. The van der Waals surface area contributed by atoms with Gasteiger partial charge in [0.05, 0.1) is 5.56 Å². The Kier molecular flexibility index (Phi) is 3.00. The van der Waals surface area contributed by atoms with E-state index < -0.39 is 11.6 Å². The monoisotopic (exact) mass is 277 g/mol. The van der Waals surface area contributed by atoms with Crippen molar-refractivity contribution in [2.75, 3.05) is 5.73 Å². The lowest BCUT2D eigenvalue weighted by atomic mass is 9.95. The predicted molar refractivity (Wildman–Crippen MR) is 74.2 cm³/mol. The van der Waals surface area contributed by atoms with Gasteiger partial charge < -0.3 is 10.3 Å². The summed E-state index contributed by atoms with van der Waals surface area (Å²) >= 11 is 0. The quantitative estimate of drug-likeness (QED) is 0.866. The molecule has 0 fully saturated rings. The van der Waals surface area contributed by atoms with E-state index in [2.05, 4.69) is 18.8 Å². The van der Waals surface area contributed by atoms with Gasteiger partial charge in [-0.3, -0.25) is 0 Å². The summed E-state index contributed by atoms with van der Waals surface area (Å²) in [4.78, 5) is 4.40. The minimum atomic E-state index is -0.632. The highest BCUT2D eigenvalue weighted by Gasteiger charge is 2.28. The summed E-state index contributed by atoms with van der Waals surface area (Å²) in [5.41, 5.74) is 6.18. The van der Waals surface area contributed by atoms with Gasteiger partial charge in [0.25, 0.3) is 0 Å². The molecule has 2 atom stereocenters. The predicted octanol–water partition coefficient (Wildman–Crippen LogP) is 3.55. The van der Waals surface area contributed by atoms with Crippen LogP contribution in [0.1, 0.15) is 32.1 Å². The zero-order chi connectivity index (χ0) is 14.4. The molecule has 2 unspecified atom stereocenters. The fourth-order valence-electron chi connectivity index (χ4n) is 3.12. The molecule has 0 saturated carbocycles. The Balaban J connectivity index is 2.20. The Morgan fingerprint density at radius 3 is 2.55 bits per heavy atom. The van der Waals surface area contributed by atoms with Gasteiger partial charge in [-0.25, -0.2) is 13.8 Å². The third-order valence-corrected chi connectivity index (χ3v) is 3.94. The summed E-state index contributed by atoms with van der Waals surface area (Å²) in [6, 6.07) is 3.99. The molecule has 0 bridgehead atoms. The topological polar surface area (TPSA) is 43.8 Å². The van der Waals surface area contributed by atoms with Crippen molar-refractivity contribution in [3.05, 3.63) is 35.7 Å². The number of anilines is 1. The summed E-state index contributed by atoms with van der Waals surface area (Å²) in [5.74, 6) is 0.396. The van der Waals surface area contributed by atoms with Crippen molar-refractivity contribution in [1.82, 2.24) is 9.55 Å². The van der Waals surface area contributed by atoms with Crippen molar-refractivity contribution in [3.8, 4) is 11.3 Å². The van der Waals surface area contributed by atoms with Crippen LogP contribution in [0.15, 0.2) is 18.2 Å². The van der Waals surface area contributed by atoms with Crippen molar-refractivity contribution in [1.29, 1.82) is 0 Å². The summed E-state index contributed by atoms with van der Waals surface area (Å²) in [7, 11) is 0. The molecular weight excluding hydrogens is 260 g/mol. The van der Waals surface area contributed by atoms with E-state index in [-0.39, 0.29) is 17.3 Å². The van der Waals surface area contributed by atoms with Crippen molar-refractivity contribution in [2.24, 2.45) is 5.92 Å². The second-order valence-electron chi connectivity index (χ2n) is 5.62. The Bertz CT molecular complexity index is 643. The van der Waals surface area contributed by atoms with E-state index in [1.165, 1.54) is 18.2 Å². The lowest BCUT2D eigenvalue weighted by molar-refractivity contribution is 0.346. The smallest absolute Gasteiger partial charge is 0.135 e. The van der Waals surface area contributed by atoms with Gasteiger partial charge in [0.15, 0.2) is 0 Å². The maximum absolute atomic E-state index is 13.9. The Morgan fingerprint density at radius 1 is 1.25 bits per heavy atom. The molecule has 3 nitrogen and oxygen atoms in total. The maximum atomic E-state index is 13.9. The molecule has 2 N–H and O–H groups in total. The van der Waals surface area contributed by atoms with E-state index >= 15 is 0 Å². The zero-order valence-corrected chi connectivity index (χ0v) is 11.5. The Morgan fingerprint density at radius 2 is 1.90 bits per heavy atom. The number of halogens is 2. The van der Waals surface area contributed by atoms with Crippen LogP contribution in [0, 0.1) is 17.6 Å². The van der Waals surface area contributed by atoms with Crippen LogP contribution in [0.3, 0.4) is 0 Å². The number of aromatic nitrogens is 2. The van der Waals surface area contributed by atoms with Gasteiger partial charge in [0.2, 0.25) is 0 Å². The second-order valence-corrected chi connectivity index (χ2v) is 5.62. The standard InChI is InChI=1S/C15H17F2N3/c1-8-6-9(2)20-12(7-8)19-14(15(20)18)13-10(16)4-3-5-11(13)17/h3-5,8-9H,6-7,18H2,1-2H3. The normalized spacial score (nSPS) is 21.8. The average Bonchev–Trinajstić information content (AvgIpc) is 2.66. The first kappa shape index (κ1) is 13.1. The van der Waals surface area contributed by atoms with Gasteiger partial charge in [-0.15, -0.1) is 0 Å². The van der Waals surface area contributed by atoms with E-state index in [9.17, 15) is 8.78 Å². The van der Waals surface area contributed by atoms with Gasteiger partial charge in [-0.2, -0.15) is 0 Å². The number of hydrogen-bond donors (Lipinski definition) is 1. The molecule has 3 rings (SSSR count). The van der Waals surface area contributed by atoms with E-state index in [0.717, 1.165) is 18.7 Å². The van der Waals surface area contributed by atoms with E-state index in [1.807, 2.05) is 4.57 Å². The number of hydrogen-bond acceptors (Lipinski definition) is 2. The molecule has 1 aliphatic rings. The number of nitrogen functional groups attached to an aromatic ring is 1. The molecule has 106 valence electrons. The van der Waals surface area contributed by atoms with Crippen molar-refractivity contribution in [2.45, 2.75) is 32.7 Å². The van der Waals surface area contributed by atoms with Gasteiger partial charge in [-0.1, -0.05) is 13.0 Å². The number of imidazole rings is 1. The third-order valence-electron chi connectivity index (χ3n) is 3.94. The number of nitrogens with zero attached hydrogens (tertiary/aromatic N) is 2. The molecule has 20 heavy (non-hydrogen) atoms. The van der Waals surface area contributed by atoms with Crippen molar-refractivity contribution < 1.29 is 8.78 Å². The van der Waals surface area contributed by atoms with Gasteiger partial charge in [0.1, 0.15) is 29.0 Å². The molecule has 0 radical (unpaired) electrons. The lowest BCUT2D eigenvalue weighted by Gasteiger charge is -2.27. The van der Waals surface area contributed by atoms with Crippen LogP contribution in [-0.2, 0) is 6.42 Å². The highest BCUT2D eigenvalue weighted by atomic mass is 19.1. The highest BCUT2D eigenvalue weighted by molar-refractivity contribution is 5.72. The number of nitrogens with two attached hydrogens (primary N) is 1. The molecule has 1 aromatic heterocycles. The Labute approximate surface area is 116 Å². The minimum Gasteiger partial charge on any atom is -0.383 e. The fourth-order valence-corrected chi connectivity index (χ4v) is 3.12. The summed E-state index contributed by atoms with van der Waals surface area (Å²) in [5, 5.41) is 0. The first-order valence-corrected chi connectivity index (χ1v) is 6.80. The number of benzene rings is 1. The van der Waals surface area contributed by atoms with Crippen LogP contribution in [0.25, 0.3) is 11.3 Å². The van der Waals surface area contributed by atoms with Crippen LogP contribution in [0.5, 0.6) is 0 Å². The fraction of sp³-hybridized carbons (Fsp3) is 0.400. The molecule has 0 saturated heterocycles. The molecule has 0 spiro atoms. The van der Waals surface area contributed by atoms with Crippen molar-refractivity contribution >= 4 is 5.82 Å². The van der Waals surface area contributed by atoms with E-state index in [1.54, 1.807) is 0 Å². The minimum absolute atomic E-state index is 0.133. The maximum Gasteiger partial charge on any atom is 0.135 e. The summed E-state index contributed by atoms with van der Waals surface area (Å²) in [6.45, 7) is 4.20. The highest BCUT2D eigenvalue weighted by Crippen LogP contribution is 2.37. The Hall–Kier alpha value is -1.91. The molecule has 1 aliphatic heterocycles. The molecule has 5 heteroatoms. The molecule has 1 aromatic carbocycles. The largest absolute Gasteiger partial charge is 0.383 e. The SMILES string of the molecule is CC1Cc2nc(-c3c(F)cccc3F)c(N)n2C(C)C1. The van der Waals surface area contributed by atoms with Crippen LogP contribution < -0.4 is 5.73 Å². The van der Waals surface area contributed by atoms with Crippen LogP contribution in [0.2, 0.25) is 0 Å².